The van der Waals surface area contributed by atoms with Gasteiger partial charge in [-0.3, -0.25) is 0 Å². The topological polar surface area (TPSA) is 0 Å². The van der Waals surface area contributed by atoms with Crippen LogP contribution in [0.3, 0.4) is 0 Å². The van der Waals surface area contributed by atoms with E-state index in [1.807, 2.05) is 36.4 Å². The van der Waals surface area contributed by atoms with Crippen molar-refractivity contribution in [3.8, 4) is 0 Å². The molecule has 0 nitrogen and oxygen atoms in total. The Labute approximate surface area is 254 Å². The van der Waals surface area contributed by atoms with E-state index >= 15 is 0 Å². The third-order valence-corrected chi connectivity index (χ3v) is 18.6. The van der Waals surface area contributed by atoms with Crippen molar-refractivity contribution in [2.24, 2.45) is 0 Å². The molecule has 0 saturated carbocycles. The number of hydrogen-bond donors (Lipinski definition) is 0. The van der Waals surface area contributed by atoms with E-state index in [0.29, 0.717) is 0 Å². The van der Waals surface area contributed by atoms with Crippen molar-refractivity contribution in [3.63, 3.8) is 0 Å². The van der Waals surface area contributed by atoms with E-state index in [-0.39, 0.29) is 0 Å². The summed E-state index contributed by atoms with van der Waals surface area (Å²) >= 11 is 11.7. The molecule has 0 aliphatic carbocycles. The van der Waals surface area contributed by atoms with Crippen molar-refractivity contribution in [3.05, 3.63) is 182 Å². The molecule has 0 amide bonds. The molecule has 0 saturated heterocycles. The standard InChI is InChI=1S/2C18H15P.2Ni/c2*1-4-10-16(11-5-1)19(17-12-6-2-7-13-17)18-14-8-3-9-15-18;;/h2*1-15H;;/q;;2*-1/p+2. The molecule has 0 aromatic heterocycles. The normalized spacial score (nSPS) is 12.1. The molecule has 0 bridgehead atoms. The van der Waals surface area contributed by atoms with Crippen LogP contribution in [-0.4, -0.2) is 0 Å². The Kier molecular flexibility index (Phi) is 9.82. The summed E-state index contributed by atoms with van der Waals surface area (Å²) in [7, 11) is 0. The third kappa shape index (κ3) is 6.23. The Morgan fingerprint density at radius 1 is 0.225 bits per heavy atom. The van der Waals surface area contributed by atoms with E-state index < -0.39 is 12.1 Å². The molecule has 6 aromatic rings. The first-order valence-electron chi connectivity index (χ1n) is 13.3. The molecule has 0 unspecified atom stereocenters. The molecular formula is C36H32Ni2P2. The average Bonchev–Trinajstić information content (AvgIpc) is 3.07. The summed E-state index contributed by atoms with van der Waals surface area (Å²) in [6.07, 6.45) is 0. The van der Waals surface area contributed by atoms with E-state index in [2.05, 4.69) is 146 Å². The summed E-state index contributed by atoms with van der Waals surface area (Å²) in [5, 5.41) is 7.74. The van der Waals surface area contributed by atoms with Gasteiger partial charge in [-0.05, 0) is 0 Å². The first-order chi connectivity index (χ1) is 19.6. The van der Waals surface area contributed by atoms with Gasteiger partial charge in [-0.1, -0.05) is 0 Å². The van der Waals surface area contributed by atoms with Crippen molar-refractivity contribution in [1.29, 1.82) is 0 Å². The van der Waals surface area contributed by atoms with Crippen LogP contribution in [0, 0.1) is 0 Å². The van der Waals surface area contributed by atoms with Gasteiger partial charge in [-0.2, -0.15) is 0 Å². The van der Waals surface area contributed by atoms with E-state index in [1.54, 1.807) is 0 Å². The summed E-state index contributed by atoms with van der Waals surface area (Å²) in [4.78, 5) is 0. The van der Waals surface area contributed by atoms with Crippen molar-refractivity contribution in [2.75, 3.05) is 0 Å². The van der Waals surface area contributed by atoms with Crippen LogP contribution in [0.1, 0.15) is 0 Å². The molecule has 0 N–H and O–H groups in total. The van der Waals surface area contributed by atoms with Crippen LogP contribution in [0.25, 0.3) is 0 Å². The van der Waals surface area contributed by atoms with Crippen LogP contribution >= 0.6 is 12.1 Å². The van der Waals surface area contributed by atoms with Crippen LogP contribution < -0.4 is 31.8 Å². The molecule has 6 aromatic carbocycles. The zero-order valence-electron chi connectivity index (χ0n) is 22.0. The molecule has 0 spiro atoms. The molecule has 0 radical (unpaired) electrons. The van der Waals surface area contributed by atoms with Crippen molar-refractivity contribution < 1.29 is 30.1 Å². The van der Waals surface area contributed by atoms with Crippen molar-refractivity contribution in [2.45, 2.75) is 0 Å². The quantitative estimate of drug-likeness (QED) is 0.147. The fourth-order valence-electron chi connectivity index (χ4n) is 4.95. The summed E-state index contributed by atoms with van der Waals surface area (Å²) in [6.45, 7) is 0. The maximum atomic E-state index is 5.86. The zero-order valence-corrected chi connectivity index (χ0v) is 25.9. The van der Waals surface area contributed by atoms with E-state index in [4.69, 9.17) is 30.1 Å². The summed E-state index contributed by atoms with van der Waals surface area (Å²) < 4.78 is 0. The van der Waals surface area contributed by atoms with Gasteiger partial charge in [0.05, 0.1) is 0 Å². The Bertz CT molecular complexity index is 1260. The minimum absolute atomic E-state index is 1.29. The molecular weight excluding hydrogens is 612 g/mol. The van der Waals surface area contributed by atoms with E-state index in [1.165, 1.54) is 31.8 Å². The average molecular weight is 644 g/mol. The van der Waals surface area contributed by atoms with Gasteiger partial charge in [0.2, 0.25) is 0 Å². The molecule has 6 rings (SSSR count). The third-order valence-electron chi connectivity index (χ3n) is 6.92. The van der Waals surface area contributed by atoms with Crippen LogP contribution in [0.2, 0.25) is 0 Å². The fraction of sp³-hybridized carbons (Fsp3) is 0. The molecule has 0 atom stereocenters. The van der Waals surface area contributed by atoms with Crippen LogP contribution in [0.5, 0.6) is 0 Å². The Morgan fingerprint density at radius 3 is 0.475 bits per heavy atom. The fourth-order valence-corrected chi connectivity index (χ4v) is 13.7. The summed E-state index contributed by atoms with van der Waals surface area (Å²) in [5.41, 5.74) is 0. The van der Waals surface area contributed by atoms with Gasteiger partial charge in [-0.25, -0.2) is 0 Å². The SMILES string of the molecule is [Ni][PH](c1ccccc1)(c1ccccc1)c1ccccc1.[Ni][PH](c1ccccc1)(c1ccccc1)c1ccccc1. The van der Waals surface area contributed by atoms with Gasteiger partial charge < -0.3 is 0 Å². The number of benzene rings is 6. The number of hydrogen-bond acceptors (Lipinski definition) is 0. The molecule has 40 heavy (non-hydrogen) atoms. The predicted octanol–water partition coefficient (Wildman–Crippen LogP) is 6.35. The minimum atomic E-state index is -2.25. The van der Waals surface area contributed by atoms with Gasteiger partial charge in [0.15, 0.2) is 0 Å². The van der Waals surface area contributed by atoms with Crippen LogP contribution in [0.15, 0.2) is 182 Å². The maximum absolute atomic E-state index is 5.86. The Hall–Kier alpha value is -2.83. The first-order valence-corrected chi connectivity index (χ1v) is 19.9. The zero-order chi connectivity index (χ0) is 27.7. The van der Waals surface area contributed by atoms with Gasteiger partial charge >= 0.3 is 256 Å². The molecule has 206 valence electrons. The molecule has 0 heterocycles. The van der Waals surface area contributed by atoms with Crippen LogP contribution in [-0.2, 0) is 30.1 Å². The van der Waals surface area contributed by atoms with Crippen molar-refractivity contribution in [1.82, 2.24) is 0 Å². The van der Waals surface area contributed by atoms with Crippen LogP contribution in [0.4, 0.5) is 0 Å². The molecule has 4 heteroatoms. The van der Waals surface area contributed by atoms with E-state index in [9.17, 15) is 0 Å². The van der Waals surface area contributed by atoms with Gasteiger partial charge in [0, 0.05) is 0 Å². The van der Waals surface area contributed by atoms with Crippen molar-refractivity contribution >= 4 is 43.9 Å². The second-order valence-electron chi connectivity index (χ2n) is 9.42. The van der Waals surface area contributed by atoms with Gasteiger partial charge in [0.1, 0.15) is 0 Å². The number of rotatable bonds is 6. The molecule has 0 aliphatic heterocycles. The monoisotopic (exact) mass is 642 g/mol. The molecule has 0 fully saturated rings. The van der Waals surface area contributed by atoms with Gasteiger partial charge in [0.25, 0.3) is 0 Å². The second-order valence-corrected chi connectivity index (χ2v) is 19.8. The Balaban J connectivity index is 0.000000161. The molecule has 0 aliphatic rings. The van der Waals surface area contributed by atoms with Gasteiger partial charge in [-0.15, -0.1) is 0 Å². The van der Waals surface area contributed by atoms with E-state index in [0.717, 1.165) is 0 Å². The first kappa shape index (κ1) is 28.7. The summed E-state index contributed by atoms with van der Waals surface area (Å²) in [5.74, 6) is 0. The Morgan fingerprint density at radius 2 is 0.350 bits per heavy atom. The predicted molar refractivity (Wildman–Crippen MR) is 173 cm³/mol. The second kappa shape index (κ2) is 13.7. The summed E-state index contributed by atoms with van der Waals surface area (Å²) in [6, 6.07) is 58.9.